The highest BCUT2D eigenvalue weighted by atomic mass is 16.5. The Morgan fingerprint density at radius 1 is 1.22 bits per heavy atom. The highest BCUT2D eigenvalue weighted by molar-refractivity contribution is 6.19. The molecule has 0 aromatic heterocycles. The monoisotopic (exact) mass is 314 g/mol. The third-order valence-corrected chi connectivity index (χ3v) is 3.08. The molecule has 1 aromatic carbocycles. The van der Waals surface area contributed by atoms with Crippen molar-refractivity contribution >= 4 is 17.7 Å². The van der Waals surface area contributed by atoms with Gasteiger partial charge in [0.2, 0.25) is 0 Å². The van der Waals surface area contributed by atoms with E-state index in [1.54, 1.807) is 31.2 Å². The molecule has 6 nitrogen and oxygen atoms in total. The maximum atomic E-state index is 11.8. The summed E-state index contributed by atoms with van der Waals surface area (Å²) >= 11 is 0. The largest absolute Gasteiger partial charge is 0.469 e. The highest BCUT2D eigenvalue weighted by Crippen LogP contribution is 2.08. The molecule has 0 aliphatic carbocycles. The van der Waals surface area contributed by atoms with Crippen molar-refractivity contribution in [1.82, 2.24) is 0 Å². The number of carbonyl (C=O) groups excluding carboxylic acids is 2. The van der Waals surface area contributed by atoms with E-state index >= 15 is 0 Å². The Hall–Kier alpha value is -2.94. The molecule has 0 saturated heterocycles. The molecule has 0 amide bonds. The van der Waals surface area contributed by atoms with E-state index < -0.39 is 11.9 Å². The molecule has 6 heteroatoms. The van der Waals surface area contributed by atoms with E-state index in [0.717, 1.165) is 5.56 Å². The van der Waals surface area contributed by atoms with Crippen molar-refractivity contribution in [3.05, 3.63) is 47.0 Å². The van der Waals surface area contributed by atoms with Crippen molar-refractivity contribution in [2.75, 3.05) is 14.2 Å². The topological polar surface area (TPSA) is 88.8 Å². The van der Waals surface area contributed by atoms with Gasteiger partial charge in [0.15, 0.2) is 0 Å². The van der Waals surface area contributed by atoms with E-state index in [2.05, 4.69) is 9.73 Å². The van der Waals surface area contributed by atoms with E-state index in [9.17, 15) is 9.59 Å². The maximum absolute atomic E-state index is 11.8. The zero-order valence-electron chi connectivity index (χ0n) is 13.3. The normalized spacial score (nSPS) is 11.6. The number of aliphatic imine (C=N–C) groups is 1. The van der Waals surface area contributed by atoms with E-state index in [0.29, 0.717) is 17.8 Å². The molecule has 1 aromatic rings. The first kappa shape index (κ1) is 18.1. The number of methoxy groups -OCH3 is 2. The van der Waals surface area contributed by atoms with Crippen LogP contribution in [0.5, 0.6) is 0 Å². The molecule has 0 aliphatic heterocycles. The summed E-state index contributed by atoms with van der Waals surface area (Å²) in [7, 11) is 2.54. The molecule has 0 fully saturated rings. The first-order valence-electron chi connectivity index (χ1n) is 6.87. The van der Waals surface area contributed by atoms with Crippen LogP contribution in [-0.2, 0) is 25.6 Å². The first-order valence-corrected chi connectivity index (χ1v) is 6.87. The number of nitriles is 1. The molecule has 0 heterocycles. The summed E-state index contributed by atoms with van der Waals surface area (Å²) < 4.78 is 9.25. The summed E-state index contributed by atoms with van der Waals surface area (Å²) in [6, 6.07) is 9.04. The Kier molecular flexibility index (Phi) is 7.21. The minimum Gasteiger partial charge on any atom is -0.469 e. The lowest BCUT2D eigenvalue weighted by molar-refractivity contribution is -0.139. The van der Waals surface area contributed by atoms with Gasteiger partial charge in [-0.05, 0) is 24.6 Å². The fourth-order valence-corrected chi connectivity index (χ4v) is 1.74. The minimum absolute atomic E-state index is 0.0370. The van der Waals surface area contributed by atoms with Crippen LogP contribution >= 0.6 is 0 Å². The number of rotatable bonds is 6. The molecule has 0 unspecified atom stereocenters. The third kappa shape index (κ3) is 5.75. The number of nitrogens with zero attached hydrogens (tertiary/aromatic N) is 2. The van der Waals surface area contributed by atoms with Gasteiger partial charge in [0.25, 0.3) is 0 Å². The van der Waals surface area contributed by atoms with Crippen LogP contribution in [0.2, 0.25) is 0 Å². The van der Waals surface area contributed by atoms with Gasteiger partial charge in [0.1, 0.15) is 0 Å². The van der Waals surface area contributed by atoms with Crippen LogP contribution in [-0.4, -0.2) is 31.9 Å². The van der Waals surface area contributed by atoms with Crippen LogP contribution in [0.25, 0.3) is 0 Å². The SMILES string of the molecule is COC(=O)CC=C(C(=O)OC)C(C)=NCc1ccc(C#N)cc1. The van der Waals surface area contributed by atoms with E-state index in [1.165, 1.54) is 20.3 Å². The average molecular weight is 314 g/mol. The number of hydrogen-bond acceptors (Lipinski definition) is 6. The molecule has 0 N–H and O–H groups in total. The number of esters is 2. The van der Waals surface area contributed by atoms with Crippen molar-refractivity contribution in [2.24, 2.45) is 4.99 Å². The second-order valence-corrected chi connectivity index (χ2v) is 4.60. The number of carbonyl (C=O) groups is 2. The van der Waals surface area contributed by atoms with Gasteiger partial charge in [-0.2, -0.15) is 5.26 Å². The predicted octanol–water partition coefficient (Wildman–Crippen LogP) is 2.18. The Morgan fingerprint density at radius 3 is 2.39 bits per heavy atom. The van der Waals surface area contributed by atoms with Gasteiger partial charge in [-0.1, -0.05) is 18.2 Å². The average Bonchev–Trinajstić information content (AvgIpc) is 2.59. The summed E-state index contributed by atoms with van der Waals surface area (Å²) in [6.45, 7) is 2.02. The van der Waals surface area contributed by atoms with Crippen molar-refractivity contribution in [2.45, 2.75) is 19.9 Å². The Morgan fingerprint density at radius 2 is 1.87 bits per heavy atom. The predicted molar refractivity (Wildman–Crippen MR) is 84.7 cm³/mol. The highest BCUT2D eigenvalue weighted by Gasteiger charge is 2.13. The molecule has 0 radical (unpaired) electrons. The van der Waals surface area contributed by atoms with Gasteiger partial charge in [0.05, 0.1) is 44.4 Å². The second kappa shape index (κ2) is 9.15. The van der Waals surface area contributed by atoms with Crippen LogP contribution in [0.4, 0.5) is 0 Å². The van der Waals surface area contributed by atoms with Crippen molar-refractivity contribution in [3.8, 4) is 6.07 Å². The smallest absolute Gasteiger partial charge is 0.339 e. The number of hydrogen-bond donors (Lipinski definition) is 0. The molecule has 0 atom stereocenters. The first-order chi connectivity index (χ1) is 11.0. The van der Waals surface area contributed by atoms with Gasteiger partial charge in [-0.15, -0.1) is 0 Å². The fourth-order valence-electron chi connectivity index (χ4n) is 1.74. The molecule has 0 bridgehead atoms. The molecule has 23 heavy (non-hydrogen) atoms. The Balaban J connectivity index is 2.90. The van der Waals surface area contributed by atoms with Crippen LogP contribution < -0.4 is 0 Å². The van der Waals surface area contributed by atoms with Gasteiger partial charge in [-0.3, -0.25) is 9.79 Å². The van der Waals surface area contributed by atoms with Crippen molar-refractivity contribution in [3.63, 3.8) is 0 Å². The molecular weight excluding hydrogens is 296 g/mol. The Bertz CT molecular complexity index is 667. The third-order valence-electron chi connectivity index (χ3n) is 3.08. The quantitative estimate of drug-likeness (QED) is 0.456. The molecular formula is C17H18N2O4. The van der Waals surface area contributed by atoms with E-state index in [4.69, 9.17) is 10.00 Å². The molecule has 0 saturated carbocycles. The second-order valence-electron chi connectivity index (χ2n) is 4.60. The van der Waals surface area contributed by atoms with E-state index in [1.807, 2.05) is 6.07 Å². The van der Waals surface area contributed by atoms with Gasteiger partial charge in [0, 0.05) is 5.71 Å². The number of benzene rings is 1. The molecule has 120 valence electrons. The van der Waals surface area contributed by atoms with Crippen LogP contribution in [0, 0.1) is 11.3 Å². The molecule has 0 aliphatic rings. The summed E-state index contributed by atoms with van der Waals surface area (Å²) in [5, 5.41) is 8.76. The van der Waals surface area contributed by atoms with Crippen LogP contribution in [0.3, 0.4) is 0 Å². The van der Waals surface area contributed by atoms with Gasteiger partial charge in [-0.25, -0.2) is 4.79 Å². The van der Waals surface area contributed by atoms with Gasteiger partial charge < -0.3 is 9.47 Å². The van der Waals surface area contributed by atoms with Crippen molar-refractivity contribution < 1.29 is 19.1 Å². The standard InChI is InChI=1S/C17H18N2O4/c1-12(15(17(21)23-3)8-9-16(20)22-2)19-11-14-6-4-13(10-18)5-7-14/h4-8H,9,11H2,1-3H3. The Labute approximate surface area is 135 Å². The lowest BCUT2D eigenvalue weighted by atomic mass is 10.1. The van der Waals surface area contributed by atoms with Crippen molar-refractivity contribution in [1.29, 1.82) is 5.26 Å². The summed E-state index contributed by atoms with van der Waals surface area (Å²) in [6.07, 6.45) is 1.40. The summed E-state index contributed by atoms with van der Waals surface area (Å²) in [4.78, 5) is 27.3. The fraction of sp³-hybridized carbons (Fsp3) is 0.294. The summed E-state index contributed by atoms with van der Waals surface area (Å²) in [5.74, 6) is -1.01. The van der Waals surface area contributed by atoms with Crippen LogP contribution in [0.15, 0.2) is 40.9 Å². The summed E-state index contributed by atoms with van der Waals surface area (Å²) in [5.41, 5.74) is 2.17. The lowest BCUT2D eigenvalue weighted by Crippen LogP contribution is -2.13. The lowest BCUT2D eigenvalue weighted by Gasteiger charge is -2.06. The van der Waals surface area contributed by atoms with E-state index in [-0.39, 0.29) is 12.0 Å². The van der Waals surface area contributed by atoms with Gasteiger partial charge >= 0.3 is 11.9 Å². The molecule has 1 rings (SSSR count). The number of ether oxygens (including phenoxy) is 2. The minimum atomic E-state index is -0.560. The zero-order chi connectivity index (χ0) is 17.2. The van der Waals surface area contributed by atoms with Crippen LogP contribution in [0.1, 0.15) is 24.5 Å². The maximum Gasteiger partial charge on any atom is 0.339 e. The molecule has 0 spiro atoms. The zero-order valence-corrected chi connectivity index (χ0v) is 13.3.